The number of nitrogens with one attached hydrogen (secondary N) is 4. The fourth-order valence-electron chi connectivity index (χ4n) is 4.79. The number of hydrogen-bond acceptors (Lipinski definition) is 7. The second-order valence-corrected chi connectivity index (χ2v) is 11.1. The van der Waals surface area contributed by atoms with Crippen molar-refractivity contribution in [3.05, 3.63) is 36.0 Å². The quantitative estimate of drug-likeness (QED) is 0.101. The maximum atomic E-state index is 13.8. The number of carbonyl (C=O) groups is 6. The number of benzene rings is 1. The number of fused-ring (bicyclic) bond motifs is 1. The van der Waals surface area contributed by atoms with Crippen LogP contribution in [0.25, 0.3) is 10.9 Å². The standard InChI is InChI=1S/C30H44N6O8/c1-6-16(3)25(33-18(5)37)28(40)35-26(17(4)7-2)27(39)34-22(14-19-15-32-21-11-9-8-10-20(19)21)29(41)36(44)23(30(42)43)12-13-24(31)38/h8-11,15-17,22-23,25-26,32,44H,6-7,12-14H2,1-5H3,(H2,31,38)(H,33,37)(H,34,39)(H,35,40)(H,42,43)/t16?,17?,22-,23-,25-,26-/m0/s1. The number of hydrogen-bond donors (Lipinski definition) is 7. The Hall–Kier alpha value is -4.46. The van der Waals surface area contributed by atoms with Crippen molar-refractivity contribution in [2.45, 2.75) is 90.9 Å². The average molecular weight is 617 g/mol. The molecule has 0 aliphatic rings. The van der Waals surface area contributed by atoms with Gasteiger partial charge < -0.3 is 31.8 Å². The molecule has 14 nitrogen and oxygen atoms in total. The van der Waals surface area contributed by atoms with Crippen molar-refractivity contribution < 1.29 is 39.1 Å². The summed E-state index contributed by atoms with van der Waals surface area (Å²) in [6.07, 6.45) is 1.68. The molecular weight excluding hydrogens is 572 g/mol. The van der Waals surface area contributed by atoms with Crippen LogP contribution in [0.3, 0.4) is 0 Å². The average Bonchev–Trinajstić information content (AvgIpc) is 3.39. The van der Waals surface area contributed by atoms with Gasteiger partial charge in [-0.25, -0.2) is 9.86 Å². The first-order chi connectivity index (χ1) is 20.7. The van der Waals surface area contributed by atoms with Crippen molar-refractivity contribution in [2.75, 3.05) is 0 Å². The zero-order valence-electron chi connectivity index (χ0n) is 25.8. The molecule has 0 aliphatic carbocycles. The minimum atomic E-state index is -1.81. The first kappa shape index (κ1) is 35.7. The molecule has 14 heteroatoms. The molecule has 0 bridgehead atoms. The summed E-state index contributed by atoms with van der Waals surface area (Å²) in [6, 6.07) is 1.89. The Morgan fingerprint density at radius 1 is 0.932 bits per heavy atom. The van der Waals surface area contributed by atoms with Crippen LogP contribution in [0.5, 0.6) is 0 Å². The van der Waals surface area contributed by atoms with E-state index < -0.39 is 78.4 Å². The highest BCUT2D eigenvalue weighted by Gasteiger charge is 2.37. The molecule has 0 aliphatic heterocycles. The Balaban J connectivity index is 2.45. The number of carboxylic acid groups (broad SMARTS) is 1. The highest BCUT2D eigenvalue weighted by molar-refractivity contribution is 5.95. The van der Waals surface area contributed by atoms with Gasteiger partial charge in [-0.15, -0.1) is 0 Å². The molecule has 0 saturated carbocycles. The van der Waals surface area contributed by atoms with E-state index >= 15 is 0 Å². The van der Waals surface area contributed by atoms with Crippen LogP contribution >= 0.6 is 0 Å². The molecule has 0 saturated heterocycles. The predicted octanol–water partition coefficient (Wildman–Crippen LogP) is 1.21. The van der Waals surface area contributed by atoms with Gasteiger partial charge in [0, 0.05) is 36.9 Å². The lowest BCUT2D eigenvalue weighted by Gasteiger charge is -2.31. The number of nitrogens with zero attached hydrogens (tertiary/aromatic N) is 1. The number of aromatic amines is 1. The fourth-order valence-corrected chi connectivity index (χ4v) is 4.79. The summed E-state index contributed by atoms with van der Waals surface area (Å²) >= 11 is 0. The van der Waals surface area contributed by atoms with Crippen LogP contribution in [-0.4, -0.2) is 80.0 Å². The Labute approximate surface area is 256 Å². The van der Waals surface area contributed by atoms with Gasteiger partial charge in [-0.3, -0.25) is 29.2 Å². The third-order valence-electron chi connectivity index (χ3n) is 7.83. The Morgan fingerprint density at radius 2 is 1.50 bits per heavy atom. The van der Waals surface area contributed by atoms with E-state index in [-0.39, 0.29) is 17.4 Å². The molecule has 0 fully saturated rings. The highest BCUT2D eigenvalue weighted by Crippen LogP contribution is 2.21. The Kier molecular flexibility index (Phi) is 13.3. The summed E-state index contributed by atoms with van der Waals surface area (Å²) in [5.41, 5.74) is 6.50. The summed E-state index contributed by atoms with van der Waals surface area (Å²) in [7, 11) is 0. The number of primary amides is 1. The predicted molar refractivity (Wildman–Crippen MR) is 161 cm³/mol. The highest BCUT2D eigenvalue weighted by atomic mass is 16.5. The van der Waals surface area contributed by atoms with Gasteiger partial charge in [0.25, 0.3) is 5.91 Å². The van der Waals surface area contributed by atoms with Crippen LogP contribution in [0.15, 0.2) is 30.5 Å². The zero-order valence-corrected chi connectivity index (χ0v) is 25.8. The number of aromatic nitrogens is 1. The molecule has 6 atom stereocenters. The van der Waals surface area contributed by atoms with E-state index in [9.17, 15) is 39.1 Å². The number of hydroxylamine groups is 2. The van der Waals surface area contributed by atoms with Gasteiger partial charge in [0.15, 0.2) is 6.04 Å². The molecule has 44 heavy (non-hydrogen) atoms. The molecule has 0 radical (unpaired) electrons. The van der Waals surface area contributed by atoms with E-state index in [1.807, 2.05) is 26.0 Å². The molecule has 2 unspecified atom stereocenters. The van der Waals surface area contributed by atoms with E-state index in [2.05, 4.69) is 20.9 Å². The van der Waals surface area contributed by atoms with Crippen LogP contribution in [0.1, 0.15) is 65.9 Å². The molecule has 5 amide bonds. The molecular formula is C30H44N6O8. The maximum absolute atomic E-state index is 13.8. The third kappa shape index (κ3) is 9.53. The fraction of sp³-hybridized carbons (Fsp3) is 0.533. The van der Waals surface area contributed by atoms with E-state index in [1.54, 1.807) is 32.2 Å². The topological polar surface area (TPSA) is 224 Å². The summed E-state index contributed by atoms with van der Waals surface area (Å²) in [6.45, 7) is 8.50. The van der Waals surface area contributed by atoms with Gasteiger partial charge in [-0.2, -0.15) is 0 Å². The summed E-state index contributed by atoms with van der Waals surface area (Å²) in [5, 5.41) is 29.1. The second kappa shape index (κ2) is 16.4. The molecule has 1 heterocycles. The van der Waals surface area contributed by atoms with E-state index in [4.69, 9.17) is 5.73 Å². The Morgan fingerprint density at radius 3 is 2.05 bits per heavy atom. The first-order valence-corrected chi connectivity index (χ1v) is 14.7. The zero-order chi connectivity index (χ0) is 33.1. The summed E-state index contributed by atoms with van der Waals surface area (Å²) in [4.78, 5) is 78.7. The number of H-pyrrole nitrogens is 1. The van der Waals surface area contributed by atoms with Crippen LogP contribution in [-0.2, 0) is 35.2 Å². The summed E-state index contributed by atoms with van der Waals surface area (Å²) < 4.78 is 0. The van der Waals surface area contributed by atoms with Crippen LogP contribution in [0.2, 0.25) is 0 Å². The van der Waals surface area contributed by atoms with Crippen molar-refractivity contribution in [1.82, 2.24) is 26.0 Å². The van der Waals surface area contributed by atoms with Crippen molar-refractivity contribution in [3.8, 4) is 0 Å². The van der Waals surface area contributed by atoms with Crippen molar-refractivity contribution in [1.29, 1.82) is 0 Å². The van der Waals surface area contributed by atoms with E-state index in [0.717, 1.165) is 10.9 Å². The molecule has 2 rings (SSSR count). The van der Waals surface area contributed by atoms with E-state index in [1.165, 1.54) is 6.92 Å². The molecule has 242 valence electrons. The molecule has 1 aromatic carbocycles. The number of nitrogens with two attached hydrogens (primary N) is 1. The maximum Gasteiger partial charge on any atom is 0.329 e. The minimum Gasteiger partial charge on any atom is -0.480 e. The number of carbonyl (C=O) groups excluding carboxylic acids is 5. The van der Waals surface area contributed by atoms with Crippen LogP contribution in [0, 0.1) is 11.8 Å². The lowest BCUT2D eigenvalue weighted by Crippen LogP contribution is -2.60. The van der Waals surface area contributed by atoms with Gasteiger partial charge >= 0.3 is 5.97 Å². The van der Waals surface area contributed by atoms with Crippen molar-refractivity contribution in [2.24, 2.45) is 17.6 Å². The number of para-hydroxylation sites is 1. The number of aliphatic carboxylic acids is 1. The van der Waals surface area contributed by atoms with Crippen LogP contribution < -0.4 is 21.7 Å². The van der Waals surface area contributed by atoms with Gasteiger partial charge in [0.05, 0.1) is 0 Å². The number of carboxylic acids is 1. The van der Waals surface area contributed by atoms with Gasteiger partial charge in [0.1, 0.15) is 18.1 Å². The number of amides is 5. The summed E-state index contributed by atoms with van der Waals surface area (Å²) in [5.74, 6) is -5.90. The third-order valence-corrected chi connectivity index (χ3v) is 7.83. The normalized spacial score (nSPS) is 15.2. The monoisotopic (exact) mass is 616 g/mol. The van der Waals surface area contributed by atoms with Crippen molar-refractivity contribution >= 4 is 46.4 Å². The Bertz CT molecular complexity index is 1340. The van der Waals surface area contributed by atoms with Crippen molar-refractivity contribution in [3.63, 3.8) is 0 Å². The van der Waals surface area contributed by atoms with Gasteiger partial charge in [-0.05, 0) is 29.9 Å². The number of rotatable bonds is 17. The molecule has 2 aromatic rings. The second-order valence-electron chi connectivity index (χ2n) is 11.1. The van der Waals surface area contributed by atoms with Crippen LogP contribution in [0.4, 0.5) is 0 Å². The van der Waals surface area contributed by atoms with Gasteiger partial charge in [-0.1, -0.05) is 58.7 Å². The largest absolute Gasteiger partial charge is 0.480 e. The molecule has 8 N–H and O–H groups in total. The molecule has 1 aromatic heterocycles. The lowest BCUT2D eigenvalue weighted by atomic mass is 9.94. The van der Waals surface area contributed by atoms with E-state index in [0.29, 0.717) is 18.4 Å². The SMILES string of the molecule is CCC(C)[C@H](NC(C)=O)C(=O)N[C@H](C(=O)N[C@@H](Cc1c[nH]c2ccccc12)C(=O)N(O)[C@@H](CCC(N)=O)C(=O)O)C(C)CC. The smallest absolute Gasteiger partial charge is 0.329 e. The minimum absolute atomic E-state index is 0.00234. The lowest BCUT2D eigenvalue weighted by molar-refractivity contribution is -0.188. The molecule has 0 spiro atoms. The van der Waals surface area contributed by atoms with Gasteiger partial charge in [0.2, 0.25) is 23.6 Å². The first-order valence-electron chi connectivity index (χ1n) is 14.7.